The number of benzene rings is 4. The van der Waals surface area contributed by atoms with Gasteiger partial charge in [0.2, 0.25) is 16.5 Å². The van der Waals surface area contributed by atoms with Gasteiger partial charge in [-0.25, -0.2) is 0 Å². The standard InChI is InChI=1S/C25H17Cl2N9O16S5.5Na/c26-23-30-24(27)32-25(31-23)29-12-7-10(1-3-14(12)54(41,42)43)33-36-21-17(57(50,51)52)6-9-5-16(56(47,48)49)20(19(28)18(9)22(21)37)35-34-13-8-11(53(38,39)40)2-4-15(13)55(44,45)46;;;;;/h1-8,37H,28H2,(H,38,39,40)(H,41,42,43)(H,44,45,46)(H,47,48,49)(H,50,51,52)(H,29,30,31,32);;;;;. The minimum absolute atomic E-state index is 0. The number of hydrogen-bond acceptors (Lipinski definition) is 20. The van der Waals surface area contributed by atoms with Crippen LogP contribution in [0.15, 0.2) is 93.5 Å². The van der Waals surface area contributed by atoms with E-state index in [0.717, 1.165) is 18.2 Å². The van der Waals surface area contributed by atoms with E-state index in [1.54, 1.807) is 0 Å². The zero-order valence-corrected chi connectivity index (χ0v) is 47.5. The summed E-state index contributed by atoms with van der Waals surface area (Å²) in [4.78, 5) is 5.45. The van der Waals surface area contributed by atoms with Crippen molar-refractivity contribution in [1.29, 1.82) is 0 Å². The molecule has 0 bridgehead atoms. The van der Waals surface area contributed by atoms with Crippen LogP contribution in [0.5, 0.6) is 5.75 Å². The van der Waals surface area contributed by atoms with Gasteiger partial charge in [-0.05, 0) is 77.1 Å². The van der Waals surface area contributed by atoms with Gasteiger partial charge in [-0.15, -0.1) is 15.3 Å². The molecule has 4 aromatic carbocycles. The molecule has 307 valence electrons. The van der Waals surface area contributed by atoms with Crippen molar-refractivity contribution >= 4 is 272 Å². The minimum atomic E-state index is -5.45. The molecule has 1 aromatic heterocycles. The number of aromatic nitrogens is 3. The monoisotopic (exact) mass is 1040 g/mol. The molecule has 0 unspecified atom stereocenters. The van der Waals surface area contributed by atoms with E-state index >= 15 is 0 Å². The third-order valence-corrected chi connectivity index (χ3v) is 11.7. The zero-order valence-electron chi connectivity index (χ0n) is 31.9. The van der Waals surface area contributed by atoms with Gasteiger partial charge in [0.05, 0.1) is 27.3 Å². The number of aromatic hydroxyl groups is 1. The maximum absolute atomic E-state index is 12.5. The number of anilines is 3. The smallest absolute Gasteiger partial charge is 0.296 e. The van der Waals surface area contributed by atoms with E-state index in [0.29, 0.717) is 30.3 Å². The van der Waals surface area contributed by atoms with Crippen LogP contribution in [0.1, 0.15) is 0 Å². The maximum atomic E-state index is 12.5. The van der Waals surface area contributed by atoms with Crippen molar-refractivity contribution in [2.75, 3.05) is 11.1 Å². The van der Waals surface area contributed by atoms with Crippen LogP contribution >= 0.6 is 23.2 Å². The van der Waals surface area contributed by atoms with Crippen molar-refractivity contribution in [3.63, 3.8) is 0 Å². The van der Waals surface area contributed by atoms with E-state index < -0.39 is 137 Å². The van der Waals surface area contributed by atoms with Gasteiger partial charge in [-0.1, -0.05) is 0 Å². The second kappa shape index (κ2) is 23.3. The van der Waals surface area contributed by atoms with Crippen LogP contribution in [0.25, 0.3) is 10.8 Å². The number of nitrogens with two attached hydrogens (primary N) is 1. The van der Waals surface area contributed by atoms with Crippen molar-refractivity contribution in [3.05, 3.63) is 59.1 Å². The summed E-state index contributed by atoms with van der Waals surface area (Å²) in [6.07, 6.45) is 0. The number of hydrogen-bond donors (Lipinski definition) is 8. The van der Waals surface area contributed by atoms with Gasteiger partial charge in [0.25, 0.3) is 50.6 Å². The van der Waals surface area contributed by atoms with Crippen LogP contribution in [0.2, 0.25) is 10.6 Å². The predicted molar refractivity (Wildman–Crippen MR) is 222 cm³/mol. The van der Waals surface area contributed by atoms with E-state index in [9.17, 15) is 70.0 Å². The summed E-state index contributed by atoms with van der Waals surface area (Å²) >= 11 is 11.5. The van der Waals surface area contributed by atoms with Gasteiger partial charge in [-0.2, -0.15) is 62.2 Å². The molecular weight excluding hydrogens is 1030 g/mol. The third-order valence-electron chi connectivity index (χ3n) is 6.97. The van der Waals surface area contributed by atoms with Gasteiger partial charge in [0, 0.05) is 148 Å². The Hall–Kier alpha value is -0.120. The van der Waals surface area contributed by atoms with E-state index in [2.05, 4.69) is 40.7 Å². The summed E-state index contributed by atoms with van der Waals surface area (Å²) in [5, 5.41) is 25.7. The van der Waals surface area contributed by atoms with Crippen LogP contribution in [-0.2, 0) is 50.6 Å². The van der Waals surface area contributed by atoms with Crippen molar-refractivity contribution in [3.8, 4) is 5.75 Å². The van der Waals surface area contributed by atoms with E-state index in [1.165, 1.54) is 0 Å². The molecule has 0 saturated carbocycles. The molecule has 0 fully saturated rings. The number of rotatable bonds is 11. The Kier molecular flexibility index (Phi) is 23.2. The van der Waals surface area contributed by atoms with Gasteiger partial charge in [-0.3, -0.25) is 22.8 Å². The molecule has 0 saturated heterocycles. The number of nitrogens with one attached hydrogen (secondary N) is 1. The van der Waals surface area contributed by atoms with Gasteiger partial charge >= 0.3 is 0 Å². The first kappa shape index (κ1) is 61.9. The largest absolute Gasteiger partial charge is 0.505 e. The molecule has 5 rings (SSSR count). The summed E-state index contributed by atoms with van der Waals surface area (Å²) in [6, 6.07) is 4.98. The number of phenols is 1. The molecule has 0 atom stereocenters. The number of nitrogens with zero attached hydrogens (tertiary/aromatic N) is 7. The molecule has 0 spiro atoms. The van der Waals surface area contributed by atoms with E-state index in [4.69, 9.17) is 28.9 Å². The molecule has 0 amide bonds. The number of phenolic OH excluding ortho intramolecular Hbond substituents is 1. The summed E-state index contributed by atoms with van der Waals surface area (Å²) in [5.41, 5.74) is 1.00. The Labute approximate surface area is 470 Å². The summed E-state index contributed by atoms with van der Waals surface area (Å²) in [7, 11) is -26.1. The molecule has 0 aliphatic rings. The average molecular weight is 1050 g/mol. The van der Waals surface area contributed by atoms with Gasteiger partial charge < -0.3 is 16.2 Å². The molecular formula is C25H17Cl2N9Na5O16S5. The zero-order chi connectivity index (χ0) is 42.6. The quantitative estimate of drug-likeness (QED) is 0.0408. The van der Waals surface area contributed by atoms with Crippen molar-refractivity contribution in [1.82, 2.24) is 15.0 Å². The Balaban J connectivity index is 0.00000744. The van der Waals surface area contributed by atoms with Gasteiger partial charge in [0.15, 0.2) is 5.75 Å². The molecule has 25 nitrogen and oxygen atoms in total. The van der Waals surface area contributed by atoms with Crippen molar-refractivity contribution in [2.45, 2.75) is 24.5 Å². The van der Waals surface area contributed by atoms with Crippen LogP contribution in [0.3, 0.4) is 0 Å². The second-order valence-electron chi connectivity index (χ2n) is 10.7. The van der Waals surface area contributed by atoms with Crippen molar-refractivity contribution < 1.29 is 70.0 Å². The number of fused-ring (bicyclic) bond motifs is 1. The molecule has 37 heteroatoms. The number of azo groups is 2. The van der Waals surface area contributed by atoms with Gasteiger partial charge in [0.1, 0.15) is 36.6 Å². The van der Waals surface area contributed by atoms with Crippen LogP contribution in [0, 0.1) is 0 Å². The Bertz CT molecular complexity index is 3190. The van der Waals surface area contributed by atoms with Crippen molar-refractivity contribution in [2.24, 2.45) is 20.5 Å². The average Bonchev–Trinajstić information content (AvgIpc) is 3.04. The first-order chi connectivity index (χ1) is 26.1. The SMILES string of the molecule is Nc1c(N=Nc2cc(S(=O)(=O)O)ccc2S(=O)(=O)O)c(S(=O)(=O)O)cc2cc(S(=O)(=O)O)c(N=Nc3ccc(S(=O)(=O)O)c(Nc4nc(Cl)nc(Cl)n4)c3)c(O)c12.[Na].[Na].[Na].[Na].[Na]. The Morgan fingerprint density at radius 1 is 0.548 bits per heavy atom. The maximum Gasteiger partial charge on any atom is 0.296 e. The minimum Gasteiger partial charge on any atom is -0.505 e. The normalized spacial score (nSPS) is 12.1. The number of nitrogen functional groups attached to an aromatic ring is 1. The summed E-state index contributed by atoms with van der Waals surface area (Å²) < 4.78 is 170. The molecule has 9 N–H and O–H groups in total. The predicted octanol–water partition coefficient (Wildman–Crippen LogP) is 2.52. The van der Waals surface area contributed by atoms with Crippen LogP contribution in [-0.4, -0.2) is 233 Å². The summed E-state index contributed by atoms with van der Waals surface area (Å²) in [5.74, 6) is -1.72. The molecule has 62 heavy (non-hydrogen) atoms. The van der Waals surface area contributed by atoms with E-state index in [-0.39, 0.29) is 153 Å². The Morgan fingerprint density at radius 2 is 1.02 bits per heavy atom. The number of halogens is 2. The molecule has 0 aliphatic carbocycles. The molecule has 5 radical (unpaired) electrons. The fraction of sp³-hybridized carbons (Fsp3) is 0. The first-order valence-corrected chi connectivity index (χ1v) is 22.0. The molecule has 5 aromatic rings. The molecule has 1 heterocycles. The molecule has 0 aliphatic heterocycles. The first-order valence-electron chi connectivity index (χ1n) is 14.0. The Morgan fingerprint density at radius 3 is 1.50 bits per heavy atom. The topological polar surface area (TPSA) is 418 Å². The van der Waals surface area contributed by atoms with Crippen LogP contribution in [0.4, 0.5) is 40.1 Å². The van der Waals surface area contributed by atoms with E-state index in [1.807, 2.05) is 0 Å². The second-order valence-corrected chi connectivity index (χ2v) is 18.4. The fourth-order valence-electron chi connectivity index (χ4n) is 4.67. The third kappa shape index (κ3) is 14.9. The fourth-order valence-corrected chi connectivity index (χ4v) is 8.10. The summed E-state index contributed by atoms with van der Waals surface area (Å²) in [6.45, 7) is 0. The van der Waals surface area contributed by atoms with Crippen LogP contribution < -0.4 is 11.1 Å².